The molecule has 0 unspecified atom stereocenters. The minimum absolute atomic E-state index is 0.0836. The van der Waals surface area contributed by atoms with Crippen LogP contribution in [0.3, 0.4) is 0 Å². The third-order valence-corrected chi connectivity index (χ3v) is 3.46. The first-order valence-electron chi connectivity index (χ1n) is 6.82. The second kappa shape index (κ2) is 5.91. The predicted octanol–water partition coefficient (Wildman–Crippen LogP) is 1.29. The number of hydrogen-bond donors (Lipinski definition) is 1. The maximum absolute atomic E-state index is 10.9. The first kappa shape index (κ1) is 14.8. The lowest BCUT2D eigenvalue weighted by Crippen LogP contribution is -2.02. The number of carbonyl (C=O) groups excluding carboxylic acids is 1. The Morgan fingerprint density at radius 3 is 2.70 bits per heavy atom. The van der Waals surface area contributed by atoms with Crippen LogP contribution in [0, 0.1) is 0 Å². The molecule has 2 heterocycles. The van der Waals surface area contributed by atoms with E-state index in [0.717, 1.165) is 11.8 Å². The van der Waals surface area contributed by atoms with E-state index < -0.39 is 0 Å². The van der Waals surface area contributed by atoms with Crippen LogP contribution >= 0.6 is 0 Å². The van der Waals surface area contributed by atoms with E-state index in [4.69, 9.17) is 15.2 Å². The molecule has 0 aliphatic rings. The molecule has 8 nitrogen and oxygen atoms in total. The zero-order valence-electron chi connectivity index (χ0n) is 12.7. The van der Waals surface area contributed by atoms with Crippen molar-refractivity contribution in [2.45, 2.75) is 6.54 Å². The molecule has 0 saturated carbocycles. The number of methoxy groups -OCH3 is 2. The molecule has 0 saturated heterocycles. The highest BCUT2D eigenvalue weighted by molar-refractivity contribution is 5.98. The molecule has 1 aromatic carbocycles. The monoisotopic (exact) mass is 313 g/mol. The van der Waals surface area contributed by atoms with Crippen LogP contribution in [0.15, 0.2) is 24.5 Å². The Morgan fingerprint density at radius 1 is 1.22 bits per heavy atom. The van der Waals surface area contributed by atoms with Gasteiger partial charge in [0.25, 0.3) is 0 Å². The molecule has 0 fully saturated rings. The van der Waals surface area contributed by atoms with Gasteiger partial charge in [0.05, 0.1) is 26.2 Å². The number of rotatable bonds is 5. The van der Waals surface area contributed by atoms with Gasteiger partial charge in [-0.2, -0.15) is 5.10 Å². The van der Waals surface area contributed by atoms with Crippen molar-refractivity contribution in [1.82, 2.24) is 19.7 Å². The molecule has 3 rings (SSSR count). The van der Waals surface area contributed by atoms with Gasteiger partial charge in [-0.15, -0.1) is 0 Å². The van der Waals surface area contributed by atoms with Crippen LogP contribution in [0.25, 0.3) is 22.3 Å². The summed E-state index contributed by atoms with van der Waals surface area (Å²) < 4.78 is 12.0. The summed E-state index contributed by atoms with van der Waals surface area (Å²) in [5, 5.41) is 5.05. The van der Waals surface area contributed by atoms with Crippen molar-refractivity contribution < 1.29 is 14.3 Å². The first-order valence-corrected chi connectivity index (χ1v) is 6.82. The van der Waals surface area contributed by atoms with Gasteiger partial charge in [-0.25, -0.2) is 14.6 Å². The standard InChI is InChI=1S/C15H15N5O3/c1-22-10-4-3-9(7-11(10)23-2)13-12-14(16)17-8-18-15(12)20(19-13)5-6-21/h3-4,6-8H,5H2,1-2H3,(H2,16,17,18). The molecule has 0 atom stereocenters. The van der Waals surface area contributed by atoms with Gasteiger partial charge in [-0.05, 0) is 18.2 Å². The van der Waals surface area contributed by atoms with Crippen molar-refractivity contribution in [2.24, 2.45) is 0 Å². The predicted molar refractivity (Wildman–Crippen MR) is 84.3 cm³/mol. The average Bonchev–Trinajstić information content (AvgIpc) is 2.95. The minimum atomic E-state index is 0.0836. The number of ether oxygens (including phenoxy) is 2. The molecule has 0 aliphatic carbocycles. The Hall–Kier alpha value is -3.16. The Balaban J connectivity index is 2.25. The zero-order chi connectivity index (χ0) is 16.4. The number of aromatic nitrogens is 4. The maximum atomic E-state index is 10.9. The Kier molecular flexibility index (Phi) is 3.80. The van der Waals surface area contributed by atoms with E-state index in [9.17, 15) is 4.79 Å². The lowest BCUT2D eigenvalue weighted by Gasteiger charge is -2.08. The van der Waals surface area contributed by atoms with Crippen molar-refractivity contribution in [3.05, 3.63) is 24.5 Å². The SMILES string of the molecule is COc1ccc(-c2nn(CC=O)c3ncnc(N)c23)cc1OC. The summed E-state index contributed by atoms with van der Waals surface area (Å²) >= 11 is 0. The van der Waals surface area contributed by atoms with Crippen molar-refractivity contribution in [3.8, 4) is 22.8 Å². The molecule has 2 N–H and O–H groups in total. The molecule has 118 valence electrons. The zero-order valence-corrected chi connectivity index (χ0v) is 12.7. The van der Waals surface area contributed by atoms with Crippen molar-refractivity contribution in [3.63, 3.8) is 0 Å². The third kappa shape index (κ3) is 2.44. The second-order valence-electron chi connectivity index (χ2n) is 4.72. The van der Waals surface area contributed by atoms with Crippen molar-refractivity contribution in [2.75, 3.05) is 20.0 Å². The fourth-order valence-electron chi connectivity index (χ4n) is 2.41. The molecule has 8 heteroatoms. The number of nitrogens with zero attached hydrogens (tertiary/aromatic N) is 4. The van der Waals surface area contributed by atoms with Crippen LogP contribution < -0.4 is 15.2 Å². The van der Waals surface area contributed by atoms with E-state index in [1.54, 1.807) is 26.4 Å². The van der Waals surface area contributed by atoms with Gasteiger partial charge in [0.2, 0.25) is 0 Å². The topological polar surface area (TPSA) is 105 Å². The van der Waals surface area contributed by atoms with Crippen LogP contribution in [0.5, 0.6) is 11.5 Å². The van der Waals surface area contributed by atoms with Crippen LogP contribution in [-0.2, 0) is 11.3 Å². The largest absolute Gasteiger partial charge is 0.493 e. The number of aldehydes is 1. The number of anilines is 1. The molecule has 2 aromatic heterocycles. The summed E-state index contributed by atoms with van der Waals surface area (Å²) in [4.78, 5) is 19.1. The summed E-state index contributed by atoms with van der Waals surface area (Å²) in [6.07, 6.45) is 2.10. The first-order chi connectivity index (χ1) is 11.2. The van der Waals surface area contributed by atoms with Gasteiger partial charge in [-0.3, -0.25) is 0 Å². The van der Waals surface area contributed by atoms with E-state index in [0.29, 0.717) is 34.0 Å². The van der Waals surface area contributed by atoms with Gasteiger partial charge in [-0.1, -0.05) is 0 Å². The molecular formula is C15H15N5O3. The van der Waals surface area contributed by atoms with Crippen LogP contribution in [0.4, 0.5) is 5.82 Å². The molecule has 0 radical (unpaired) electrons. The average molecular weight is 313 g/mol. The number of fused-ring (bicyclic) bond motifs is 1. The third-order valence-electron chi connectivity index (χ3n) is 3.46. The van der Waals surface area contributed by atoms with Gasteiger partial charge in [0.1, 0.15) is 24.1 Å². The molecule has 0 spiro atoms. The number of nitrogens with two attached hydrogens (primary N) is 1. The summed E-state index contributed by atoms with van der Waals surface area (Å²) in [5.74, 6) is 1.48. The molecular weight excluding hydrogens is 298 g/mol. The summed E-state index contributed by atoms with van der Waals surface area (Å²) in [7, 11) is 3.12. The summed E-state index contributed by atoms with van der Waals surface area (Å²) in [5.41, 5.74) is 7.84. The number of benzene rings is 1. The summed E-state index contributed by atoms with van der Waals surface area (Å²) in [6, 6.07) is 5.40. The van der Waals surface area contributed by atoms with Crippen molar-refractivity contribution in [1.29, 1.82) is 0 Å². The molecule has 3 aromatic rings. The Bertz CT molecular complexity index is 875. The highest BCUT2D eigenvalue weighted by Crippen LogP contribution is 2.35. The van der Waals surface area contributed by atoms with E-state index in [-0.39, 0.29) is 6.54 Å². The second-order valence-corrected chi connectivity index (χ2v) is 4.72. The van der Waals surface area contributed by atoms with Gasteiger partial charge < -0.3 is 20.0 Å². The van der Waals surface area contributed by atoms with E-state index >= 15 is 0 Å². The normalized spacial score (nSPS) is 10.7. The van der Waals surface area contributed by atoms with E-state index in [1.807, 2.05) is 6.07 Å². The highest BCUT2D eigenvalue weighted by atomic mass is 16.5. The maximum Gasteiger partial charge on any atom is 0.164 e. The van der Waals surface area contributed by atoms with Gasteiger partial charge in [0, 0.05) is 5.56 Å². The quantitative estimate of drug-likeness (QED) is 0.707. The number of carbonyl (C=O) groups is 1. The minimum Gasteiger partial charge on any atom is -0.493 e. The number of nitrogen functional groups attached to an aromatic ring is 1. The lowest BCUT2D eigenvalue weighted by atomic mass is 10.1. The van der Waals surface area contributed by atoms with E-state index in [1.165, 1.54) is 11.0 Å². The van der Waals surface area contributed by atoms with Crippen molar-refractivity contribution >= 4 is 23.1 Å². The van der Waals surface area contributed by atoms with Gasteiger partial charge in [0.15, 0.2) is 17.1 Å². The van der Waals surface area contributed by atoms with Crippen LogP contribution in [0.2, 0.25) is 0 Å². The molecule has 0 bridgehead atoms. The smallest absolute Gasteiger partial charge is 0.164 e. The number of hydrogen-bond acceptors (Lipinski definition) is 7. The van der Waals surface area contributed by atoms with Gasteiger partial charge >= 0.3 is 0 Å². The Morgan fingerprint density at radius 2 is 2.00 bits per heavy atom. The van der Waals surface area contributed by atoms with E-state index in [2.05, 4.69) is 15.1 Å². The molecule has 23 heavy (non-hydrogen) atoms. The lowest BCUT2D eigenvalue weighted by molar-refractivity contribution is -0.108. The van der Waals surface area contributed by atoms with Crippen LogP contribution in [0.1, 0.15) is 0 Å². The molecule has 0 amide bonds. The fraction of sp³-hybridized carbons (Fsp3) is 0.200. The Labute approximate surface area is 131 Å². The van der Waals surface area contributed by atoms with Crippen LogP contribution in [-0.4, -0.2) is 40.3 Å². The fourth-order valence-corrected chi connectivity index (χ4v) is 2.41. The molecule has 0 aliphatic heterocycles. The highest BCUT2D eigenvalue weighted by Gasteiger charge is 2.18. The summed E-state index contributed by atoms with van der Waals surface area (Å²) in [6.45, 7) is 0.0836.